The molecule has 130 valence electrons. The second-order valence-corrected chi connectivity index (χ2v) is 7.04. The number of amides is 1. The molecule has 3 heterocycles. The summed E-state index contributed by atoms with van der Waals surface area (Å²) in [6.45, 7) is 1.56. The normalized spacial score (nSPS) is 16.3. The lowest BCUT2D eigenvalue weighted by molar-refractivity contribution is -0.132. The molecule has 0 radical (unpaired) electrons. The lowest BCUT2D eigenvalue weighted by Crippen LogP contribution is -2.36. The summed E-state index contributed by atoms with van der Waals surface area (Å²) >= 11 is 5.73. The monoisotopic (exact) mass is 357 g/mol. The molecule has 0 unspecified atom stereocenters. The number of benzene rings is 1. The lowest BCUT2D eigenvalue weighted by Gasteiger charge is -2.26. The van der Waals surface area contributed by atoms with Crippen LogP contribution in [0.2, 0.25) is 5.02 Å². The van der Waals surface area contributed by atoms with E-state index < -0.39 is 0 Å². The average molecular weight is 358 g/mol. The summed E-state index contributed by atoms with van der Waals surface area (Å²) in [4.78, 5) is 28.2. The van der Waals surface area contributed by atoms with Crippen LogP contribution in [0.15, 0.2) is 30.9 Å². The highest BCUT2D eigenvalue weighted by Gasteiger charge is 2.29. The Morgan fingerprint density at radius 3 is 2.92 bits per heavy atom. The van der Waals surface area contributed by atoms with Gasteiger partial charge < -0.3 is 14.9 Å². The Morgan fingerprint density at radius 2 is 2.08 bits per heavy atom. The van der Waals surface area contributed by atoms with Crippen molar-refractivity contribution < 1.29 is 4.79 Å². The minimum Gasteiger partial charge on any atom is -0.347 e. The highest BCUT2D eigenvalue weighted by molar-refractivity contribution is 6.31. The van der Waals surface area contributed by atoms with Gasteiger partial charge in [-0.2, -0.15) is 0 Å². The zero-order valence-electron chi connectivity index (χ0n) is 13.8. The number of rotatable bonds is 2. The van der Waals surface area contributed by atoms with E-state index in [1.54, 1.807) is 12.7 Å². The van der Waals surface area contributed by atoms with Gasteiger partial charge in [-0.05, 0) is 37.0 Å². The molecule has 0 atom stereocenters. The van der Waals surface area contributed by atoms with Gasteiger partial charge in [0.1, 0.15) is 0 Å². The van der Waals surface area contributed by atoms with Crippen LogP contribution in [0.25, 0.3) is 11.0 Å². The van der Waals surface area contributed by atoms with Crippen molar-refractivity contribution >= 4 is 28.5 Å². The standard InChI is InChI=1S/C11H15N3O.C7H5ClN2/c15-11(5-8-1-2-8)14-4-3-9-10(6-14)13-7-12-9;8-5-1-2-6-7(3-5)10-4-9-6/h7-8H,1-6H2,(H,12,13);1-4H,(H,9,10). The Kier molecular flexibility index (Phi) is 4.44. The molecule has 0 bridgehead atoms. The third-order valence-electron chi connectivity index (χ3n) is 4.67. The predicted molar refractivity (Wildman–Crippen MR) is 96.2 cm³/mol. The number of H-pyrrole nitrogens is 2. The Labute approximate surface area is 150 Å². The number of aromatic amines is 2. The molecule has 2 N–H and O–H groups in total. The summed E-state index contributed by atoms with van der Waals surface area (Å²) in [5.74, 6) is 0.999. The zero-order valence-corrected chi connectivity index (χ0v) is 14.6. The molecule has 1 amide bonds. The third kappa shape index (κ3) is 3.85. The van der Waals surface area contributed by atoms with Crippen LogP contribution in [-0.4, -0.2) is 37.3 Å². The highest BCUT2D eigenvalue weighted by Crippen LogP contribution is 2.33. The molecule has 6 nitrogen and oxygen atoms in total. The van der Waals surface area contributed by atoms with Gasteiger partial charge in [0, 0.05) is 24.4 Å². The molecule has 1 aliphatic carbocycles. The first-order valence-electron chi connectivity index (χ1n) is 8.56. The second-order valence-electron chi connectivity index (χ2n) is 6.60. The number of carbonyl (C=O) groups is 1. The molecule has 1 fully saturated rings. The van der Waals surface area contributed by atoms with E-state index in [0.717, 1.165) is 53.4 Å². The Morgan fingerprint density at radius 1 is 1.24 bits per heavy atom. The highest BCUT2D eigenvalue weighted by atomic mass is 35.5. The molecular formula is C18H20ClN5O. The van der Waals surface area contributed by atoms with Crippen LogP contribution < -0.4 is 0 Å². The number of nitrogens with zero attached hydrogens (tertiary/aromatic N) is 3. The maximum atomic E-state index is 11.9. The number of hydrogen-bond donors (Lipinski definition) is 2. The van der Waals surface area contributed by atoms with Crippen molar-refractivity contribution in [3.63, 3.8) is 0 Å². The van der Waals surface area contributed by atoms with E-state index in [1.165, 1.54) is 12.8 Å². The van der Waals surface area contributed by atoms with Gasteiger partial charge >= 0.3 is 0 Å². The molecule has 1 saturated carbocycles. The van der Waals surface area contributed by atoms with E-state index in [9.17, 15) is 4.79 Å². The Hall–Kier alpha value is -2.34. The van der Waals surface area contributed by atoms with E-state index in [-0.39, 0.29) is 0 Å². The van der Waals surface area contributed by atoms with Crippen molar-refractivity contribution in [3.8, 4) is 0 Å². The van der Waals surface area contributed by atoms with Crippen molar-refractivity contribution in [1.82, 2.24) is 24.8 Å². The fourth-order valence-corrected chi connectivity index (χ4v) is 3.20. The van der Waals surface area contributed by atoms with Crippen LogP contribution in [0.5, 0.6) is 0 Å². The minimum absolute atomic E-state index is 0.317. The van der Waals surface area contributed by atoms with E-state index in [4.69, 9.17) is 11.6 Å². The number of hydrogen-bond acceptors (Lipinski definition) is 3. The van der Waals surface area contributed by atoms with Gasteiger partial charge in [-0.1, -0.05) is 11.6 Å². The number of fused-ring (bicyclic) bond motifs is 2. The molecule has 0 spiro atoms. The number of halogens is 1. The minimum atomic E-state index is 0.317. The fraction of sp³-hybridized carbons (Fsp3) is 0.389. The molecular weight excluding hydrogens is 338 g/mol. The molecule has 1 aliphatic heterocycles. The van der Waals surface area contributed by atoms with Crippen LogP contribution in [0, 0.1) is 5.92 Å². The maximum Gasteiger partial charge on any atom is 0.223 e. The Balaban J connectivity index is 0.000000136. The van der Waals surface area contributed by atoms with E-state index >= 15 is 0 Å². The molecule has 2 aromatic heterocycles. The summed E-state index contributed by atoms with van der Waals surface area (Å²) in [7, 11) is 0. The summed E-state index contributed by atoms with van der Waals surface area (Å²) in [5.41, 5.74) is 4.17. The third-order valence-corrected chi connectivity index (χ3v) is 4.91. The van der Waals surface area contributed by atoms with Gasteiger partial charge in [-0.3, -0.25) is 4.79 Å². The first-order valence-corrected chi connectivity index (χ1v) is 8.94. The fourth-order valence-electron chi connectivity index (χ4n) is 3.03. The number of nitrogens with one attached hydrogen (secondary N) is 2. The number of imidazole rings is 2. The maximum absolute atomic E-state index is 11.9. The lowest BCUT2D eigenvalue weighted by atomic mass is 10.1. The molecule has 25 heavy (non-hydrogen) atoms. The van der Waals surface area contributed by atoms with Gasteiger partial charge in [0.25, 0.3) is 0 Å². The first kappa shape index (κ1) is 16.1. The predicted octanol–water partition coefficient (Wildman–Crippen LogP) is 3.31. The number of aromatic nitrogens is 4. The SMILES string of the molecule is Clc1ccc2nc[nH]c2c1.O=C(CC1CC1)N1CCc2nc[nH]c2C1. The molecule has 3 aromatic rings. The van der Waals surface area contributed by atoms with E-state index in [0.29, 0.717) is 11.8 Å². The summed E-state index contributed by atoms with van der Waals surface area (Å²) < 4.78 is 0. The van der Waals surface area contributed by atoms with Gasteiger partial charge in [0.2, 0.25) is 5.91 Å². The second kappa shape index (κ2) is 6.88. The van der Waals surface area contributed by atoms with Gasteiger partial charge in [0.05, 0.1) is 41.6 Å². The van der Waals surface area contributed by atoms with Gasteiger partial charge in [0.15, 0.2) is 0 Å². The average Bonchev–Trinajstić information content (AvgIpc) is 3.11. The summed E-state index contributed by atoms with van der Waals surface area (Å²) in [6.07, 6.45) is 7.52. The largest absolute Gasteiger partial charge is 0.347 e. The van der Waals surface area contributed by atoms with E-state index in [2.05, 4.69) is 19.9 Å². The quantitative estimate of drug-likeness (QED) is 0.738. The van der Waals surface area contributed by atoms with Gasteiger partial charge in [-0.25, -0.2) is 9.97 Å². The Bertz CT molecular complexity index is 882. The first-order chi connectivity index (χ1) is 12.2. The van der Waals surface area contributed by atoms with Crippen LogP contribution in [-0.2, 0) is 17.8 Å². The summed E-state index contributed by atoms with van der Waals surface area (Å²) in [5, 5.41) is 0.733. The number of carbonyl (C=O) groups excluding carboxylic acids is 1. The smallest absolute Gasteiger partial charge is 0.223 e. The molecule has 7 heteroatoms. The van der Waals surface area contributed by atoms with Crippen LogP contribution in [0.1, 0.15) is 30.7 Å². The van der Waals surface area contributed by atoms with Gasteiger partial charge in [-0.15, -0.1) is 0 Å². The van der Waals surface area contributed by atoms with Crippen LogP contribution >= 0.6 is 11.6 Å². The van der Waals surface area contributed by atoms with E-state index in [1.807, 2.05) is 23.1 Å². The molecule has 0 saturated heterocycles. The molecule has 2 aliphatic rings. The van der Waals surface area contributed by atoms with Crippen molar-refractivity contribution in [2.24, 2.45) is 5.92 Å². The topological polar surface area (TPSA) is 77.7 Å². The molecule has 1 aromatic carbocycles. The van der Waals surface area contributed by atoms with Crippen molar-refractivity contribution in [2.75, 3.05) is 6.54 Å². The van der Waals surface area contributed by atoms with Crippen molar-refractivity contribution in [3.05, 3.63) is 47.3 Å². The summed E-state index contributed by atoms with van der Waals surface area (Å²) in [6, 6.07) is 5.56. The zero-order chi connectivity index (χ0) is 17.2. The van der Waals surface area contributed by atoms with Crippen molar-refractivity contribution in [1.29, 1.82) is 0 Å². The van der Waals surface area contributed by atoms with Crippen LogP contribution in [0.4, 0.5) is 0 Å². The molecule has 5 rings (SSSR count). The van der Waals surface area contributed by atoms with Crippen molar-refractivity contribution in [2.45, 2.75) is 32.2 Å². The van der Waals surface area contributed by atoms with Crippen LogP contribution in [0.3, 0.4) is 0 Å².